The van der Waals surface area contributed by atoms with Crippen molar-refractivity contribution in [2.24, 2.45) is 0 Å². The first kappa shape index (κ1) is 20.6. The molecule has 150 valence electrons. The molecular formula is C21H27ClN4O2. The molecule has 1 fully saturated rings. The van der Waals surface area contributed by atoms with Gasteiger partial charge in [-0.05, 0) is 50.3 Å². The number of halogens is 1. The minimum absolute atomic E-state index is 0.0865. The molecule has 1 aliphatic rings. The second-order valence-corrected chi connectivity index (χ2v) is 7.68. The molecule has 1 saturated carbocycles. The molecule has 0 atom stereocenters. The number of amides is 1. The third kappa shape index (κ3) is 5.00. The normalized spacial score (nSPS) is 13.9. The van der Waals surface area contributed by atoms with Crippen molar-refractivity contribution in [3.05, 3.63) is 51.9 Å². The number of carbonyl (C=O) groups excluding carboxylic acids is 1. The first-order valence-electron chi connectivity index (χ1n) is 9.73. The maximum Gasteiger partial charge on any atom is 0.254 e. The molecule has 0 aliphatic heterocycles. The lowest BCUT2D eigenvalue weighted by Crippen LogP contribution is -2.38. The van der Waals surface area contributed by atoms with Gasteiger partial charge in [0.1, 0.15) is 11.6 Å². The third-order valence-corrected chi connectivity index (χ3v) is 5.34. The highest BCUT2D eigenvalue weighted by Gasteiger charge is 2.26. The SMILES string of the molecule is Cc1cc(NCCN(CCO)C(=O)c2cc(Cl)ccc2C2CCC2)nc(C)n1. The van der Waals surface area contributed by atoms with Crippen molar-refractivity contribution in [2.75, 3.05) is 31.6 Å². The number of nitrogens with one attached hydrogen (secondary N) is 1. The van der Waals surface area contributed by atoms with Crippen LogP contribution in [-0.2, 0) is 0 Å². The summed E-state index contributed by atoms with van der Waals surface area (Å²) in [6.45, 7) is 4.94. The van der Waals surface area contributed by atoms with Gasteiger partial charge in [0, 0.05) is 42.0 Å². The van der Waals surface area contributed by atoms with E-state index in [1.165, 1.54) is 6.42 Å². The van der Waals surface area contributed by atoms with Crippen LogP contribution in [0.15, 0.2) is 24.3 Å². The van der Waals surface area contributed by atoms with E-state index < -0.39 is 0 Å². The quantitative estimate of drug-likeness (QED) is 0.705. The third-order valence-electron chi connectivity index (χ3n) is 5.10. The lowest BCUT2D eigenvalue weighted by Gasteiger charge is -2.30. The molecule has 1 aromatic heterocycles. The Kier molecular flexibility index (Phi) is 6.86. The molecule has 0 unspecified atom stereocenters. The van der Waals surface area contributed by atoms with E-state index in [1.807, 2.05) is 32.0 Å². The van der Waals surface area contributed by atoms with Crippen molar-refractivity contribution in [3.8, 4) is 0 Å². The Labute approximate surface area is 171 Å². The molecule has 3 rings (SSSR count). The van der Waals surface area contributed by atoms with E-state index >= 15 is 0 Å². The smallest absolute Gasteiger partial charge is 0.254 e. The Morgan fingerprint density at radius 1 is 1.25 bits per heavy atom. The van der Waals surface area contributed by atoms with Crippen molar-refractivity contribution in [1.29, 1.82) is 0 Å². The largest absolute Gasteiger partial charge is 0.395 e. The summed E-state index contributed by atoms with van der Waals surface area (Å²) in [5.41, 5.74) is 2.61. The van der Waals surface area contributed by atoms with Gasteiger partial charge in [-0.3, -0.25) is 4.79 Å². The number of nitrogens with zero attached hydrogens (tertiary/aromatic N) is 3. The first-order chi connectivity index (χ1) is 13.5. The molecule has 6 nitrogen and oxygen atoms in total. The average Bonchev–Trinajstić information content (AvgIpc) is 2.59. The van der Waals surface area contributed by atoms with E-state index in [2.05, 4.69) is 15.3 Å². The monoisotopic (exact) mass is 402 g/mol. The molecule has 28 heavy (non-hydrogen) atoms. The number of hydrogen-bond donors (Lipinski definition) is 2. The Morgan fingerprint density at radius 3 is 2.68 bits per heavy atom. The number of rotatable bonds is 8. The molecule has 2 N–H and O–H groups in total. The number of benzene rings is 1. The van der Waals surface area contributed by atoms with Crippen LogP contribution in [-0.4, -0.2) is 52.1 Å². The number of aliphatic hydroxyl groups excluding tert-OH is 1. The van der Waals surface area contributed by atoms with Crippen molar-refractivity contribution in [3.63, 3.8) is 0 Å². The maximum absolute atomic E-state index is 13.2. The predicted octanol–water partition coefficient (Wildman–Crippen LogP) is 3.56. The van der Waals surface area contributed by atoms with Gasteiger partial charge < -0.3 is 15.3 Å². The fourth-order valence-electron chi connectivity index (χ4n) is 3.52. The van der Waals surface area contributed by atoms with E-state index in [9.17, 15) is 9.90 Å². The number of carbonyl (C=O) groups is 1. The van der Waals surface area contributed by atoms with E-state index in [-0.39, 0.29) is 19.1 Å². The summed E-state index contributed by atoms with van der Waals surface area (Å²) in [6, 6.07) is 7.45. The van der Waals surface area contributed by atoms with Gasteiger partial charge in [-0.2, -0.15) is 0 Å². The summed E-state index contributed by atoms with van der Waals surface area (Å²) in [6.07, 6.45) is 3.41. The molecule has 0 radical (unpaired) electrons. The molecule has 0 spiro atoms. The fourth-order valence-corrected chi connectivity index (χ4v) is 3.69. The maximum atomic E-state index is 13.2. The van der Waals surface area contributed by atoms with Gasteiger partial charge >= 0.3 is 0 Å². The summed E-state index contributed by atoms with van der Waals surface area (Å²) < 4.78 is 0. The molecule has 1 amide bonds. The van der Waals surface area contributed by atoms with Crippen molar-refractivity contribution in [2.45, 2.75) is 39.0 Å². The molecule has 0 bridgehead atoms. The van der Waals surface area contributed by atoms with E-state index in [4.69, 9.17) is 11.6 Å². The summed E-state index contributed by atoms with van der Waals surface area (Å²) >= 11 is 6.18. The van der Waals surface area contributed by atoms with Gasteiger partial charge in [0.15, 0.2) is 0 Å². The van der Waals surface area contributed by atoms with Crippen molar-refractivity contribution >= 4 is 23.3 Å². The summed E-state index contributed by atoms with van der Waals surface area (Å²) in [5.74, 6) is 1.78. The molecule has 2 aromatic rings. The van der Waals surface area contributed by atoms with E-state index in [0.29, 0.717) is 35.4 Å². The van der Waals surface area contributed by atoms with Crippen LogP contribution in [0.3, 0.4) is 0 Å². The minimum atomic E-state index is -0.0877. The van der Waals surface area contributed by atoms with Gasteiger partial charge in [-0.1, -0.05) is 24.1 Å². The number of aliphatic hydroxyl groups is 1. The fraction of sp³-hybridized carbons (Fsp3) is 0.476. The first-order valence-corrected chi connectivity index (χ1v) is 10.1. The van der Waals surface area contributed by atoms with Crippen LogP contribution in [0.1, 0.15) is 52.6 Å². The van der Waals surface area contributed by atoms with Crippen molar-refractivity contribution < 1.29 is 9.90 Å². The Bertz CT molecular complexity index is 819. The Morgan fingerprint density at radius 2 is 2.04 bits per heavy atom. The molecule has 1 aliphatic carbocycles. The number of aryl methyl sites for hydroxylation is 2. The number of anilines is 1. The van der Waals surface area contributed by atoms with E-state index in [0.717, 1.165) is 29.9 Å². The highest BCUT2D eigenvalue weighted by Crippen LogP contribution is 2.39. The highest BCUT2D eigenvalue weighted by atomic mass is 35.5. The van der Waals surface area contributed by atoms with Crippen molar-refractivity contribution in [1.82, 2.24) is 14.9 Å². The standard InChI is InChI=1S/C21H27ClN4O2/c1-14-12-20(25-15(2)24-14)23-8-9-26(10-11-27)21(28)19-13-17(22)6-7-18(19)16-4-3-5-16/h6-7,12-13,16,27H,3-5,8-11H2,1-2H3,(H,23,24,25). The average molecular weight is 403 g/mol. The van der Waals surface area contributed by atoms with Gasteiger partial charge in [-0.15, -0.1) is 0 Å². The van der Waals surface area contributed by atoms with Gasteiger partial charge in [0.25, 0.3) is 5.91 Å². The zero-order chi connectivity index (χ0) is 20.1. The second-order valence-electron chi connectivity index (χ2n) is 7.24. The summed E-state index contributed by atoms with van der Waals surface area (Å²) in [5, 5.41) is 13.2. The minimum Gasteiger partial charge on any atom is -0.395 e. The van der Waals surface area contributed by atoms with Crippen LogP contribution in [0, 0.1) is 13.8 Å². The number of hydrogen-bond acceptors (Lipinski definition) is 5. The number of aromatic nitrogens is 2. The Hall–Kier alpha value is -2.18. The molecular weight excluding hydrogens is 376 g/mol. The van der Waals surface area contributed by atoms with E-state index in [1.54, 1.807) is 11.0 Å². The second kappa shape index (κ2) is 9.34. The van der Waals surface area contributed by atoms with Crippen LogP contribution in [0.5, 0.6) is 0 Å². The van der Waals surface area contributed by atoms with Crippen LogP contribution < -0.4 is 5.32 Å². The topological polar surface area (TPSA) is 78.4 Å². The molecule has 0 saturated heterocycles. The summed E-state index contributed by atoms with van der Waals surface area (Å²) in [4.78, 5) is 23.5. The van der Waals surface area contributed by atoms with Crippen LogP contribution >= 0.6 is 11.6 Å². The lowest BCUT2D eigenvalue weighted by atomic mass is 9.78. The highest BCUT2D eigenvalue weighted by molar-refractivity contribution is 6.31. The lowest BCUT2D eigenvalue weighted by molar-refractivity contribution is 0.0727. The van der Waals surface area contributed by atoms with Gasteiger partial charge in [0.05, 0.1) is 6.61 Å². The zero-order valence-corrected chi connectivity index (χ0v) is 17.2. The Balaban J connectivity index is 1.71. The zero-order valence-electron chi connectivity index (χ0n) is 16.4. The van der Waals surface area contributed by atoms with Crippen LogP contribution in [0.2, 0.25) is 5.02 Å². The molecule has 1 heterocycles. The van der Waals surface area contributed by atoms with Crippen LogP contribution in [0.25, 0.3) is 0 Å². The van der Waals surface area contributed by atoms with Crippen LogP contribution in [0.4, 0.5) is 5.82 Å². The molecule has 1 aromatic carbocycles. The summed E-state index contributed by atoms with van der Waals surface area (Å²) in [7, 11) is 0. The van der Waals surface area contributed by atoms with Gasteiger partial charge in [-0.25, -0.2) is 9.97 Å². The molecule has 7 heteroatoms. The van der Waals surface area contributed by atoms with Gasteiger partial charge in [0.2, 0.25) is 0 Å². The predicted molar refractivity (Wildman–Crippen MR) is 111 cm³/mol.